The molecule has 0 bridgehead atoms. The highest BCUT2D eigenvalue weighted by atomic mass is 19.1. The number of hydrogen-bond acceptors (Lipinski definition) is 5. The van der Waals surface area contributed by atoms with E-state index >= 15 is 0 Å². The van der Waals surface area contributed by atoms with E-state index < -0.39 is 5.97 Å². The van der Waals surface area contributed by atoms with Crippen molar-refractivity contribution in [3.05, 3.63) is 71.4 Å². The predicted molar refractivity (Wildman–Crippen MR) is 89.0 cm³/mol. The Balaban J connectivity index is 1.56. The molecule has 3 rings (SSSR count). The minimum Gasteiger partial charge on any atom is -0.455 e. The Kier molecular flexibility index (Phi) is 5.18. The summed E-state index contributed by atoms with van der Waals surface area (Å²) < 4.78 is 23.3. The van der Waals surface area contributed by atoms with Crippen molar-refractivity contribution in [1.29, 1.82) is 0 Å². The van der Waals surface area contributed by atoms with Crippen LogP contribution in [-0.4, -0.2) is 16.1 Å². The summed E-state index contributed by atoms with van der Waals surface area (Å²) >= 11 is 0. The number of aryl methyl sites for hydroxylation is 1. The lowest BCUT2D eigenvalue weighted by atomic mass is 10.1. The van der Waals surface area contributed by atoms with E-state index in [4.69, 9.17) is 9.26 Å². The molecule has 0 unspecified atom stereocenters. The van der Waals surface area contributed by atoms with Gasteiger partial charge in [0.05, 0.1) is 6.42 Å². The molecule has 0 saturated carbocycles. The molecule has 0 radical (unpaired) electrons. The van der Waals surface area contributed by atoms with E-state index in [1.807, 2.05) is 24.3 Å². The van der Waals surface area contributed by atoms with E-state index in [1.165, 1.54) is 17.7 Å². The Labute approximate surface area is 144 Å². The third-order valence-corrected chi connectivity index (χ3v) is 3.68. The molecule has 0 amide bonds. The van der Waals surface area contributed by atoms with E-state index in [9.17, 15) is 9.18 Å². The number of esters is 1. The highest BCUT2D eigenvalue weighted by molar-refractivity contribution is 5.72. The van der Waals surface area contributed by atoms with Gasteiger partial charge >= 0.3 is 5.97 Å². The van der Waals surface area contributed by atoms with Crippen molar-refractivity contribution in [2.24, 2.45) is 0 Å². The number of rotatable bonds is 6. The lowest BCUT2D eigenvalue weighted by Crippen LogP contribution is -2.08. The second-order valence-electron chi connectivity index (χ2n) is 5.53. The van der Waals surface area contributed by atoms with Crippen molar-refractivity contribution in [1.82, 2.24) is 10.1 Å². The third kappa shape index (κ3) is 4.50. The summed E-state index contributed by atoms with van der Waals surface area (Å²) in [6, 6.07) is 13.7. The zero-order valence-corrected chi connectivity index (χ0v) is 13.7. The van der Waals surface area contributed by atoms with Gasteiger partial charge in [0.1, 0.15) is 5.82 Å². The molecule has 5 nitrogen and oxygen atoms in total. The Morgan fingerprint density at radius 3 is 2.68 bits per heavy atom. The van der Waals surface area contributed by atoms with Crippen LogP contribution in [0.5, 0.6) is 0 Å². The summed E-state index contributed by atoms with van der Waals surface area (Å²) in [4.78, 5) is 16.0. The van der Waals surface area contributed by atoms with Crippen LogP contribution in [-0.2, 0) is 29.0 Å². The highest BCUT2D eigenvalue weighted by Gasteiger charge is 2.12. The van der Waals surface area contributed by atoms with Gasteiger partial charge in [-0.05, 0) is 29.7 Å². The Morgan fingerprint density at radius 2 is 1.96 bits per heavy atom. The van der Waals surface area contributed by atoms with Crippen LogP contribution in [0.1, 0.15) is 23.9 Å². The molecule has 0 N–H and O–H groups in total. The lowest BCUT2D eigenvalue weighted by Gasteiger charge is -2.02. The number of ether oxygens (including phenoxy) is 1. The van der Waals surface area contributed by atoms with Crippen LogP contribution >= 0.6 is 0 Å². The van der Waals surface area contributed by atoms with Crippen LogP contribution in [0.4, 0.5) is 4.39 Å². The molecule has 0 aliphatic heterocycles. The Bertz CT molecular complexity index is 859. The maximum absolute atomic E-state index is 13.1. The minimum atomic E-state index is -0.488. The number of carbonyl (C=O) groups is 1. The molecule has 0 saturated heterocycles. The van der Waals surface area contributed by atoms with Crippen molar-refractivity contribution in [2.75, 3.05) is 0 Å². The molecule has 1 heterocycles. The zero-order valence-electron chi connectivity index (χ0n) is 13.7. The van der Waals surface area contributed by atoms with E-state index in [1.54, 1.807) is 12.1 Å². The molecule has 0 atom stereocenters. The van der Waals surface area contributed by atoms with Gasteiger partial charge in [-0.3, -0.25) is 4.79 Å². The molecule has 25 heavy (non-hydrogen) atoms. The molecule has 0 aliphatic rings. The van der Waals surface area contributed by atoms with Gasteiger partial charge in [0, 0.05) is 5.56 Å². The molecule has 0 aliphatic carbocycles. The van der Waals surface area contributed by atoms with Crippen LogP contribution in [0.15, 0.2) is 53.1 Å². The first-order chi connectivity index (χ1) is 12.1. The van der Waals surface area contributed by atoms with Gasteiger partial charge in [0.25, 0.3) is 5.89 Å². The van der Waals surface area contributed by atoms with Gasteiger partial charge in [-0.25, -0.2) is 4.39 Å². The van der Waals surface area contributed by atoms with E-state index in [-0.39, 0.29) is 24.7 Å². The number of aromatic nitrogens is 2. The first kappa shape index (κ1) is 16.8. The van der Waals surface area contributed by atoms with Gasteiger partial charge in [0.15, 0.2) is 6.61 Å². The van der Waals surface area contributed by atoms with Crippen molar-refractivity contribution in [2.45, 2.75) is 26.4 Å². The van der Waals surface area contributed by atoms with Gasteiger partial charge in [-0.2, -0.15) is 4.98 Å². The van der Waals surface area contributed by atoms with Crippen molar-refractivity contribution in [3.8, 4) is 11.4 Å². The SMILES string of the molecule is CCc1ccc(-c2noc(COC(=O)Cc3cccc(F)c3)n2)cc1. The molecule has 0 spiro atoms. The molecule has 2 aromatic carbocycles. The van der Waals surface area contributed by atoms with Crippen molar-refractivity contribution < 1.29 is 18.4 Å². The molecular formula is C19H17FN2O3. The normalized spacial score (nSPS) is 10.6. The highest BCUT2D eigenvalue weighted by Crippen LogP contribution is 2.17. The molecule has 1 aromatic heterocycles. The maximum atomic E-state index is 13.1. The summed E-state index contributed by atoms with van der Waals surface area (Å²) in [6.45, 7) is 1.97. The van der Waals surface area contributed by atoms with E-state index in [0.717, 1.165) is 12.0 Å². The second-order valence-corrected chi connectivity index (χ2v) is 5.53. The minimum absolute atomic E-state index is 0.0166. The maximum Gasteiger partial charge on any atom is 0.310 e. The topological polar surface area (TPSA) is 65.2 Å². The molecule has 0 fully saturated rings. The zero-order chi connectivity index (χ0) is 17.6. The van der Waals surface area contributed by atoms with Crippen molar-refractivity contribution >= 4 is 5.97 Å². The number of nitrogens with zero attached hydrogens (tertiary/aromatic N) is 2. The summed E-state index contributed by atoms with van der Waals surface area (Å²) in [5, 5.41) is 3.89. The molecule has 128 valence electrons. The fraction of sp³-hybridized carbons (Fsp3) is 0.211. The van der Waals surface area contributed by atoms with Gasteiger partial charge < -0.3 is 9.26 Å². The van der Waals surface area contributed by atoms with E-state index in [0.29, 0.717) is 11.4 Å². The third-order valence-electron chi connectivity index (χ3n) is 3.68. The largest absolute Gasteiger partial charge is 0.455 e. The van der Waals surface area contributed by atoms with Gasteiger partial charge in [-0.1, -0.05) is 48.5 Å². The number of carbonyl (C=O) groups excluding carboxylic acids is 1. The lowest BCUT2D eigenvalue weighted by molar-refractivity contribution is -0.144. The smallest absolute Gasteiger partial charge is 0.310 e. The van der Waals surface area contributed by atoms with E-state index in [2.05, 4.69) is 17.1 Å². The first-order valence-electron chi connectivity index (χ1n) is 7.96. The van der Waals surface area contributed by atoms with Crippen LogP contribution in [0.2, 0.25) is 0 Å². The average Bonchev–Trinajstić information content (AvgIpc) is 3.09. The van der Waals surface area contributed by atoms with Crippen LogP contribution in [0.25, 0.3) is 11.4 Å². The molecule has 3 aromatic rings. The van der Waals surface area contributed by atoms with Crippen LogP contribution < -0.4 is 0 Å². The average molecular weight is 340 g/mol. The number of benzene rings is 2. The Morgan fingerprint density at radius 1 is 1.16 bits per heavy atom. The summed E-state index contributed by atoms with van der Waals surface area (Å²) in [6.07, 6.45) is 0.941. The second kappa shape index (κ2) is 7.70. The fourth-order valence-electron chi connectivity index (χ4n) is 2.33. The summed E-state index contributed by atoms with van der Waals surface area (Å²) in [7, 11) is 0. The predicted octanol–water partition coefficient (Wildman–Crippen LogP) is 3.72. The molecule has 6 heteroatoms. The van der Waals surface area contributed by atoms with Gasteiger partial charge in [0.2, 0.25) is 5.82 Å². The van der Waals surface area contributed by atoms with Crippen LogP contribution in [0, 0.1) is 5.82 Å². The van der Waals surface area contributed by atoms with Crippen LogP contribution in [0.3, 0.4) is 0 Å². The Hall–Kier alpha value is -3.02. The number of halogens is 1. The van der Waals surface area contributed by atoms with Crippen molar-refractivity contribution in [3.63, 3.8) is 0 Å². The number of hydrogen-bond donors (Lipinski definition) is 0. The monoisotopic (exact) mass is 340 g/mol. The summed E-state index contributed by atoms with van der Waals surface area (Å²) in [5.41, 5.74) is 2.60. The standard InChI is InChI=1S/C19H17FN2O3/c1-2-13-6-8-15(9-7-13)19-21-17(25-22-19)12-24-18(23)11-14-4-3-5-16(20)10-14/h3-10H,2,11-12H2,1H3. The quantitative estimate of drug-likeness (QED) is 0.640. The summed E-state index contributed by atoms with van der Waals surface area (Å²) in [5.74, 6) is -0.223. The molecular weight excluding hydrogens is 323 g/mol. The fourth-order valence-corrected chi connectivity index (χ4v) is 2.33. The first-order valence-corrected chi connectivity index (χ1v) is 7.96. The van der Waals surface area contributed by atoms with Gasteiger partial charge in [-0.15, -0.1) is 0 Å².